The first kappa shape index (κ1) is 13.8. The van der Waals surface area contributed by atoms with E-state index in [1.165, 1.54) is 0 Å². The zero-order valence-corrected chi connectivity index (χ0v) is 11.8. The monoisotopic (exact) mass is 266 g/mol. The van der Waals surface area contributed by atoms with E-state index in [1.54, 1.807) is 0 Å². The molecule has 7 nitrogen and oxygen atoms in total. The molecule has 0 bridgehead atoms. The second-order valence-corrected chi connectivity index (χ2v) is 4.68. The molecule has 1 fully saturated rings. The Hall–Kier alpha value is -1.63. The molecule has 1 aliphatic heterocycles. The molecule has 1 aromatic rings. The molecule has 0 saturated carbocycles. The zero-order valence-electron chi connectivity index (χ0n) is 11.8. The van der Waals surface area contributed by atoms with Crippen LogP contribution >= 0.6 is 0 Å². The van der Waals surface area contributed by atoms with Crippen molar-refractivity contribution < 1.29 is 4.74 Å². The molecule has 2 heterocycles. The number of hydrogen-bond acceptors (Lipinski definition) is 7. The van der Waals surface area contributed by atoms with Gasteiger partial charge in [-0.25, -0.2) is 0 Å². The molecule has 0 atom stereocenters. The maximum atomic E-state index is 5.59. The van der Waals surface area contributed by atoms with Crippen molar-refractivity contribution in [2.45, 2.75) is 26.9 Å². The van der Waals surface area contributed by atoms with Gasteiger partial charge in [0.05, 0.1) is 6.10 Å². The van der Waals surface area contributed by atoms with Crippen LogP contribution in [0.25, 0.3) is 0 Å². The summed E-state index contributed by atoms with van der Waals surface area (Å²) in [4.78, 5) is 15.2. The second kappa shape index (κ2) is 6.51. The highest BCUT2D eigenvalue weighted by Crippen LogP contribution is 2.16. The summed E-state index contributed by atoms with van der Waals surface area (Å²) in [6.07, 6.45) is 0.0488. The van der Waals surface area contributed by atoms with Gasteiger partial charge in [0, 0.05) is 32.7 Å². The summed E-state index contributed by atoms with van der Waals surface area (Å²) in [5.41, 5.74) is 0. The van der Waals surface area contributed by atoms with Crippen LogP contribution in [0.15, 0.2) is 0 Å². The second-order valence-electron chi connectivity index (χ2n) is 4.68. The number of anilines is 2. The third kappa shape index (κ3) is 3.92. The predicted molar refractivity (Wildman–Crippen MR) is 74.8 cm³/mol. The fraction of sp³-hybridized carbons (Fsp3) is 0.750. The van der Waals surface area contributed by atoms with Crippen molar-refractivity contribution in [3.05, 3.63) is 0 Å². The van der Waals surface area contributed by atoms with Crippen molar-refractivity contribution in [2.24, 2.45) is 0 Å². The number of nitrogens with zero attached hydrogens (tertiary/aromatic N) is 4. The molecule has 1 saturated heterocycles. The van der Waals surface area contributed by atoms with Gasteiger partial charge in [-0.1, -0.05) is 0 Å². The summed E-state index contributed by atoms with van der Waals surface area (Å²) < 4.78 is 5.59. The summed E-state index contributed by atoms with van der Waals surface area (Å²) >= 11 is 0. The van der Waals surface area contributed by atoms with Gasteiger partial charge < -0.3 is 20.3 Å². The first-order valence-electron chi connectivity index (χ1n) is 6.81. The Morgan fingerprint density at radius 2 is 2.00 bits per heavy atom. The van der Waals surface area contributed by atoms with Crippen LogP contribution in [0.4, 0.5) is 11.9 Å². The minimum Gasteiger partial charge on any atom is -0.461 e. The molecule has 0 aliphatic carbocycles. The van der Waals surface area contributed by atoms with Gasteiger partial charge in [0.25, 0.3) is 0 Å². The molecule has 0 radical (unpaired) electrons. The first-order chi connectivity index (χ1) is 9.19. The Kier molecular flexibility index (Phi) is 4.73. The van der Waals surface area contributed by atoms with E-state index in [9.17, 15) is 0 Å². The average molecular weight is 266 g/mol. The lowest BCUT2D eigenvalue weighted by molar-refractivity contribution is 0.222. The van der Waals surface area contributed by atoms with Gasteiger partial charge >= 0.3 is 6.01 Å². The fourth-order valence-corrected chi connectivity index (χ4v) is 1.85. The molecule has 0 unspecified atom stereocenters. The largest absolute Gasteiger partial charge is 0.461 e. The molecule has 2 rings (SSSR count). The number of aromatic nitrogens is 3. The average Bonchev–Trinajstić information content (AvgIpc) is 2.39. The molecule has 1 aliphatic rings. The van der Waals surface area contributed by atoms with Crippen molar-refractivity contribution in [3.63, 3.8) is 0 Å². The molecule has 0 spiro atoms. The molecule has 106 valence electrons. The lowest BCUT2D eigenvalue weighted by atomic mass is 10.4. The summed E-state index contributed by atoms with van der Waals surface area (Å²) in [6.45, 7) is 10.4. The molecule has 0 amide bonds. The van der Waals surface area contributed by atoms with E-state index in [4.69, 9.17) is 4.74 Å². The standard InChI is InChI=1S/C12H22N6O/c1-4-14-10-15-11(18-7-5-13-6-8-18)17-12(16-10)19-9(2)3/h9,13H,4-8H2,1-3H3,(H,14,15,16,17). The number of hydrogen-bond donors (Lipinski definition) is 2. The van der Waals surface area contributed by atoms with Crippen molar-refractivity contribution in [1.29, 1.82) is 0 Å². The molecule has 19 heavy (non-hydrogen) atoms. The van der Waals surface area contributed by atoms with Crippen molar-refractivity contribution in [1.82, 2.24) is 20.3 Å². The number of rotatable bonds is 5. The third-order valence-electron chi connectivity index (χ3n) is 2.68. The summed E-state index contributed by atoms with van der Waals surface area (Å²) in [7, 11) is 0. The topological polar surface area (TPSA) is 75.2 Å². The minimum absolute atomic E-state index is 0.0488. The van der Waals surface area contributed by atoms with Crippen LogP contribution in [0.5, 0.6) is 6.01 Å². The summed E-state index contributed by atoms with van der Waals surface area (Å²) in [6, 6.07) is 0.384. The smallest absolute Gasteiger partial charge is 0.323 e. The van der Waals surface area contributed by atoms with Gasteiger partial charge in [-0.05, 0) is 20.8 Å². The highest BCUT2D eigenvalue weighted by molar-refractivity contribution is 5.38. The van der Waals surface area contributed by atoms with Gasteiger partial charge in [0.15, 0.2) is 0 Å². The number of nitrogens with one attached hydrogen (secondary N) is 2. The van der Waals surface area contributed by atoms with Gasteiger partial charge in [-0.2, -0.15) is 15.0 Å². The highest BCUT2D eigenvalue weighted by atomic mass is 16.5. The lowest BCUT2D eigenvalue weighted by Crippen LogP contribution is -2.44. The van der Waals surface area contributed by atoms with Gasteiger partial charge in [-0.15, -0.1) is 0 Å². The predicted octanol–water partition coefficient (Wildman–Crippen LogP) is 0.500. The van der Waals surface area contributed by atoms with Crippen molar-refractivity contribution >= 4 is 11.9 Å². The summed E-state index contributed by atoms with van der Waals surface area (Å²) in [5.74, 6) is 1.25. The van der Waals surface area contributed by atoms with Crippen LogP contribution in [0.2, 0.25) is 0 Å². The third-order valence-corrected chi connectivity index (χ3v) is 2.68. The normalized spacial score (nSPS) is 15.7. The van der Waals surface area contributed by atoms with Crippen molar-refractivity contribution in [2.75, 3.05) is 42.9 Å². The Labute approximate surface area is 113 Å². The number of piperazine rings is 1. The van der Waals surface area contributed by atoms with E-state index in [-0.39, 0.29) is 6.10 Å². The van der Waals surface area contributed by atoms with E-state index < -0.39 is 0 Å². The van der Waals surface area contributed by atoms with E-state index in [0.717, 1.165) is 32.7 Å². The van der Waals surface area contributed by atoms with E-state index >= 15 is 0 Å². The Bertz CT molecular complexity index is 405. The van der Waals surface area contributed by atoms with Gasteiger partial charge in [-0.3, -0.25) is 0 Å². The van der Waals surface area contributed by atoms with E-state index in [0.29, 0.717) is 17.9 Å². The minimum atomic E-state index is 0.0488. The SMILES string of the molecule is CCNc1nc(OC(C)C)nc(N2CCNCC2)n1. The van der Waals surface area contributed by atoms with Crippen LogP contribution in [0.1, 0.15) is 20.8 Å². The van der Waals surface area contributed by atoms with Gasteiger partial charge in [0.1, 0.15) is 0 Å². The van der Waals surface area contributed by atoms with E-state index in [1.807, 2.05) is 20.8 Å². The first-order valence-corrected chi connectivity index (χ1v) is 6.81. The number of ether oxygens (including phenoxy) is 1. The maximum absolute atomic E-state index is 5.59. The Morgan fingerprint density at radius 3 is 2.63 bits per heavy atom. The molecule has 1 aromatic heterocycles. The highest BCUT2D eigenvalue weighted by Gasteiger charge is 2.16. The fourth-order valence-electron chi connectivity index (χ4n) is 1.85. The van der Waals surface area contributed by atoms with Crippen LogP contribution in [0, 0.1) is 0 Å². The molecular formula is C12H22N6O. The van der Waals surface area contributed by atoms with Crippen LogP contribution in [-0.4, -0.2) is 53.8 Å². The maximum Gasteiger partial charge on any atom is 0.323 e. The quantitative estimate of drug-likeness (QED) is 0.803. The molecular weight excluding hydrogens is 244 g/mol. The van der Waals surface area contributed by atoms with Crippen LogP contribution in [-0.2, 0) is 0 Å². The molecule has 7 heteroatoms. The van der Waals surface area contributed by atoms with Gasteiger partial charge in [0.2, 0.25) is 11.9 Å². The Balaban J connectivity index is 2.21. The van der Waals surface area contributed by atoms with Crippen molar-refractivity contribution in [3.8, 4) is 6.01 Å². The van der Waals surface area contributed by atoms with Crippen LogP contribution in [0.3, 0.4) is 0 Å². The lowest BCUT2D eigenvalue weighted by Gasteiger charge is -2.27. The molecule has 0 aromatic carbocycles. The Morgan fingerprint density at radius 1 is 1.26 bits per heavy atom. The molecule has 2 N–H and O–H groups in total. The van der Waals surface area contributed by atoms with Crippen LogP contribution < -0.4 is 20.3 Å². The zero-order chi connectivity index (χ0) is 13.7. The summed E-state index contributed by atoms with van der Waals surface area (Å²) in [5, 5.41) is 6.43. The van der Waals surface area contributed by atoms with E-state index in [2.05, 4.69) is 30.5 Å².